The molecule has 0 aliphatic carbocycles. The van der Waals surface area contributed by atoms with Crippen molar-refractivity contribution in [2.75, 3.05) is 26.7 Å². The zero-order chi connectivity index (χ0) is 16.1. The minimum absolute atomic E-state index is 0.176. The first-order valence-corrected chi connectivity index (χ1v) is 7.47. The van der Waals surface area contributed by atoms with Gasteiger partial charge in [-0.05, 0) is 19.9 Å². The fourth-order valence-corrected chi connectivity index (χ4v) is 3.43. The van der Waals surface area contributed by atoms with Crippen molar-refractivity contribution in [1.82, 2.24) is 14.7 Å². The Morgan fingerprint density at radius 2 is 1.77 bits per heavy atom. The monoisotopic (exact) mass is 301 g/mol. The predicted molar refractivity (Wildman–Crippen MR) is 80.2 cm³/mol. The summed E-state index contributed by atoms with van der Waals surface area (Å²) in [7, 11) is 1.64. The Hall–Kier alpha value is -2.37. The number of nitrogens with zero attached hydrogens (tertiary/aromatic N) is 3. The average molecular weight is 301 g/mol. The maximum Gasteiger partial charge on any atom is 0.326 e. The molecule has 2 aliphatic rings. The van der Waals surface area contributed by atoms with Crippen LogP contribution in [0.2, 0.25) is 0 Å². The van der Waals surface area contributed by atoms with Crippen molar-refractivity contribution in [1.29, 1.82) is 0 Å². The van der Waals surface area contributed by atoms with Crippen LogP contribution >= 0.6 is 0 Å². The first-order chi connectivity index (χ1) is 10.5. The molecule has 0 N–H and O–H groups in total. The first kappa shape index (κ1) is 14.6. The van der Waals surface area contributed by atoms with Crippen LogP contribution in [0.5, 0.6) is 0 Å². The number of carbonyl (C=O) groups excluding carboxylic acids is 3. The lowest BCUT2D eigenvalue weighted by atomic mass is 9.86. The van der Waals surface area contributed by atoms with Gasteiger partial charge in [0.15, 0.2) is 5.54 Å². The van der Waals surface area contributed by atoms with Gasteiger partial charge in [-0.1, -0.05) is 18.2 Å². The van der Waals surface area contributed by atoms with Gasteiger partial charge in [-0.3, -0.25) is 14.5 Å². The van der Waals surface area contributed by atoms with Crippen LogP contribution in [0.25, 0.3) is 0 Å². The molecular weight excluding hydrogens is 282 g/mol. The number of amides is 4. The maximum atomic E-state index is 13.1. The van der Waals surface area contributed by atoms with E-state index < -0.39 is 5.54 Å². The summed E-state index contributed by atoms with van der Waals surface area (Å²) in [5.41, 5.74) is 0.129. The largest absolute Gasteiger partial charge is 0.326 e. The van der Waals surface area contributed by atoms with Gasteiger partial charge in [-0.25, -0.2) is 4.79 Å². The lowest BCUT2D eigenvalue weighted by Gasteiger charge is -2.46. The highest BCUT2D eigenvalue weighted by atomic mass is 16.2. The smallest absolute Gasteiger partial charge is 0.322 e. The predicted octanol–water partition coefficient (Wildman–Crippen LogP) is 1.27. The zero-order valence-corrected chi connectivity index (χ0v) is 13.0. The molecule has 0 aromatic heterocycles. The Bertz CT molecular complexity index is 672. The quantitative estimate of drug-likeness (QED) is 0.826. The third-order valence-electron chi connectivity index (χ3n) is 4.70. The summed E-state index contributed by atoms with van der Waals surface area (Å²) in [4.78, 5) is 42.3. The lowest BCUT2D eigenvalue weighted by Crippen LogP contribution is -2.67. The topological polar surface area (TPSA) is 60.9 Å². The number of carbonyl (C=O) groups is 3. The molecule has 22 heavy (non-hydrogen) atoms. The summed E-state index contributed by atoms with van der Waals surface area (Å²) in [6.45, 7) is 4.63. The molecular formula is C16H19N3O3. The van der Waals surface area contributed by atoms with Crippen LogP contribution in [-0.2, 0) is 10.3 Å². The van der Waals surface area contributed by atoms with Crippen LogP contribution in [0.3, 0.4) is 0 Å². The van der Waals surface area contributed by atoms with E-state index in [0.29, 0.717) is 24.2 Å². The van der Waals surface area contributed by atoms with E-state index in [1.807, 2.05) is 19.1 Å². The first-order valence-electron chi connectivity index (χ1n) is 7.47. The van der Waals surface area contributed by atoms with Gasteiger partial charge >= 0.3 is 6.03 Å². The van der Waals surface area contributed by atoms with Crippen LogP contribution in [-0.4, -0.2) is 59.2 Å². The number of urea groups is 1. The van der Waals surface area contributed by atoms with Gasteiger partial charge in [0, 0.05) is 31.3 Å². The van der Waals surface area contributed by atoms with E-state index in [9.17, 15) is 14.4 Å². The SMILES string of the molecule is CCN1CC2(C(=O)N(CC)C1=O)c1ccccc1C(=O)N2C. The number of hydrogen-bond donors (Lipinski definition) is 0. The zero-order valence-electron chi connectivity index (χ0n) is 13.0. The van der Waals surface area contributed by atoms with Crippen LogP contribution in [0.4, 0.5) is 4.79 Å². The fraction of sp³-hybridized carbons (Fsp3) is 0.438. The molecule has 0 saturated carbocycles. The summed E-state index contributed by atoms with van der Waals surface area (Å²) in [5, 5.41) is 0. The number of benzene rings is 1. The van der Waals surface area contributed by atoms with Crippen molar-refractivity contribution in [3.63, 3.8) is 0 Å². The highest BCUT2D eigenvalue weighted by Gasteiger charge is 2.59. The van der Waals surface area contributed by atoms with Gasteiger partial charge in [0.25, 0.3) is 11.8 Å². The Morgan fingerprint density at radius 1 is 1.09 bits per heavy atom. The van der Waals surface area contributed by atoms with Crippen molar-refractivity contribution in [3.05, 3.63) is 35.4 Å². The molecule has 3 rings (SSSR count). The van der Waals surface area contributed by atoms with Gasteiger partial charge < -0.3 is 9.80 Å². The van der Waals surface area contributed by atoms with Gasteiger partial charge in [0.05, 0.1) is 6.54 Å². The molecule has 6 heteroatoms. The maximum absolute atomic E-state index is 13.1. The molecule has 1 aromatic carbocycles. The molecule has 1 atom stereocenters. The van der Waals surface area contributed by atoms with Crippen molar-refractivity contribution in [2.24, 2.45) is 0 Å². The summed E-state index contributed by atoms with van der Waals surface area (Å²) in [6, 6.07) is 6.87. The van der Waals surface area contributed by atoms with E-state index in [1.165, 1.54) is 9.80 Å². The molecule has 4 amide bonds. The van der Waals surface area contributed by atoms with Crippen LogP contribution in [0, 0.1) is 0 Å². The highest BCUT2D eigenvalue weighted by molar-refractivity contribution is 6.11. The molecule has 2 aliphatic heterocycles. The second kappa shape index (κ2) is 4.83. The average Bonchev–Trinajstić information content (AvgIpc) is 2.75. The Labute approximate surface area is 129 Å². The van der Waals surface area contributed by atoms with Crippen molar-refractivity contribution >= 4 is 17.8 Å². The van der Waals surface area contributed by atoms with E-state index >= 15 is 0 Å². The van der Waals surface area contributed by atoms with Gasteiger partial charge in [-0.2, -0.15) is 0 Å². The standard InChI is InChI=1S/C16H19N3O3/c1-4-18-10-16(14(21)19(5-2)15(18)22)12-9-7-6-8-11(12)13(20)17(16)3/h6-9H,4-5,10H2,1-3H3. The van der Waals surface area contributed by atoms with E-state index in [2.05, 4.69) is 0 Å². The molecule has 0 radical (unpaired) electrons. The molecule has 0 bridgehead atoms. The number of imide groups is 1. The summed E-state index contributed by atoms with van der Waals surface area (Å²) >= 11 is 0. The minimum atomic E-state index is -1.10. The molecule has 1 saturated heterocycles. The molecule has 1 fully saturated rings. The molecule has 116 valence electrons. The number of fused-ring (bicyclic) bond motifs is 2. The van der Waals surface area contributed by atoms with E-state index in [1.54, 1.807) is 31.0 Å². The second-order valence-corrected chi connectivity index (χ2v) is 5.62. The van der Waals surface area contributed by atoms with Gasteiger partial charge in [-0.15, -0.1) is 0 Å². The number of rotatable bonds is 2. The fourth-order valence-electron chi connectivity index (χ4n) is 3.43. The summed E-state index contributed by atoms with van der Waals surface area (Å²) < 4.78 is 0. The number of likely N-dealkylation sites (N-methyl/N-ethyl adjacent to an activating group) is 3. The van der Waals surface area contributed by atoms with E-state index in [0.717, 1.165) is 0 Å². The molecule has 2 heterocycles. The van der Waals surface area contributed by atoms with E-state index in [4.69, 9.17) is 0 Å². The Kier molecular flexibility index (Phi) is 3.20. The number of hydrogen-bond acceptors (Lipinski definition) is 3. The van der Waals surface area contributed by atoms with Crippen molar-refractivity contribution in [3.8, 4) is 0 Å². The van der Waals surface area contributed by atoms with Crippen LogP contribution in [0.1, 0.15) is 29.8 Å². The minimum Gasteiger partial charge on any atom is -0.322 e. The molecule has 1 aromatic rings. The van der Waals surface area contributed by atoms with Gasteiger partial charge in [0.2, 0.25) is 0 Å². The molecule has 1 spiro atoms. The van der Waals surface area contributed by atoms with Crippen molar-refractivity contribution in [2.45, 2.75) is 19.4 Å². The summed E-state index contributed by atoms with van der Waals surface area (Å²) in [6.07, 6.45) is 0. The third kappa shape index (κ3) is 1.58. The Balaban J connectivity index is 2.21. The normalized spacial score (nSPS) is 24.5. The van der Waals surface area contributed by atoms with Crippen LogP contribution < -0.4 is 0 Å². The van der Waals surface area contributed by atoms with Crippen molar-refractivity contribution < 1.29 is 14.4 Å². The summed E-state index contributed by atoms with van der Waals surface area (Å²) in [5.74, 6) is -0.490. The highest BCUT2D eigenvalue weighted by Crippen LogP contribution is 2.42. The Morgan fingerprint density at radius 3 is 2.41 bits per heavy atom. The molecule has 6 nitrogen and oxygen atoms in total. The van der Waals surface area contributed by atoms with Crippen LogP contribution in [0.15, 0.2) is 24.3 Å². The third-order valence-corrected chi connectivity index (χ3v) is 4.70. The molecule has 1 unspecified atom stereocenters. The lowest BCUT2D eigenvalue weighted by molar-refractivity contribution is -0.144. The van der Waals surface area contributed by atoms with Gasteiger partial charge in [0.1, 0.15) is 0 Å². The van der Waals surface area contributed by atoms with E-state index in [-0.39, 0.29) is 24.4 Å². The second-order valence-electron chi connectivity index (χ2n) is 5.62.